The van der Waals surface area contributed by atoms with E-state index in [1.807, 2.05) is 43.3 Å². The van der Waals surface area contributed by atoms with E-state index >= 15 is 0 Å². The van der Waals surface area contributed by atoms with Gasteiger partial charge in [-0.2, -0.15) is 0 Å². The molecule has 5 heteroatoms. The van der Waals surface area contributed by atoms with Crippen LogP contribution in [0.2, 0.25) is 0 Å². The maximum atomic E-state index is 13.8. The zero-order valence-electron chi connectivity index (χ0n) is 18.0. The number of carboxylic acids is 1. The van der Waals surface area contributed by atoms with Crippen molar-refractivity contribution in [1.29, 1.82) is 5.41 Å². The second-order valence-corrected chi connectivity index (χ2v) is 7.45. The molecule has 0 bridgehead atoms. The van der Waals surface area contributed by atoms with Gasteiger partial charge in [0.05, 0.1) is 0 Å². The van der Waals surface area contributed by atoms with Gasteiger partial charge in [-0.15, -0.1) is 0 Å². The number of aryl methyl sites for hydroxylation is 1. The molecule has 0 atom stereocenters. The lowest BCUT2D eigenvalue weighted by molar-refractivity contribution is -0.131. The highest BCUT2D eigenvalue weighted by Gasteiger charge is 2.16. The van der Waals surface area contributed by atoms with E-state index in [2.05, 4.69) is 6.92 Å². The van der Waals surface area contributed by atoms with Gasteiger partial charge in [0.1, 0.15) is 5.82 Å². The molecule has 0 saturated carbocycles. The summed E-state index contributed by atoms with van der Waals surface area (Å²) < 4.78 is 13.8. The Morgan fingerprint density at radius 1 is 1.06 bits per heavy atom. The van der Waals surface area contributed by atoms with Crippen molar-refractivity contribution < 1.29 is 14.3 Å². The normalized spacial score (nSPS) is 12.0. The summed E-state index contributed by atoms with van der Waals surface area (Å²) in [6.45, 7) is 3.94. The van der Waals surface area contributed by atoms with Gasteiger partial charge in [0.2, 0.25) is 0 Å². The first-order valence-electron chi connectivity index (χ1n) is 10.3. The summed E-state index contributed by atoms with van der Waals surface area (Å²) in [4.78, 5) is 10.8. The average molecular weight is 429 g/mol. The van der Waals surface area contributed by atoms with Gasteiger partial charge in [-0.25, -0.2) is 9.18 Å². The van der Waals surface area contributed by atoms with Crippen LogP contribution in [0.25, 0.3) is 17.2 Å². The van der Waals surface area contributed by atoms with Crippen LogP contribution in [-0.2, 0) is 4.79 Å². The third-order valence-corrected chi connectivity index (χ3v) is 5.32. The first kappa shape index (κ1) is 22.7. The number of carboxylic acid groups (broad SMARTS) is 1. The van der Waals surface area contributed by atoms with Gasteiger partial charge >= 0.3 is 5.97 Å². The van der Waals surface area contributed by atoms with E-state index in [0.717, 1.165) is 45.0 Å². The molecular weight excluding hydrogens is 403 g/mol. The Hall–Kier alpha value is -3.99. The minimum absolute atomic E-state index is 0.281. The van der Waals surface area contributed by atoms with Crippen molar-refractivity contribution in [1.82, 2.24) is 0 Å². The van der Waals surface area contributed by atoms with Crippen LogP contribution in [0.3, 0.4) is 0 Å². The van der Waals surface area contributed by atoms with Gasteiger partial charge in [0.15, 0.2) is 0 Å². The van der Waals surface area contributed by atoms with Gasteiger partial charge in [0.25, 0.3) is 0 Å². The second kappa shape index (κ2) is 9.88. The average Bonchev–Trinajstić information content (AvgIpc) is 2.78. The third kappa shape index (κ3) is 5.01. The molecule has 0 saturated heterocycles. The van der Waals surface area contributed by atoms with Crippen molar-refractivity contribution in [3.8, 4) is 0 Å². The number of hydrogen-bond acceptors (Lipinski definition) is 3. The number of aliphatic carboxylic acids is 1. The molecule has 0 aliphatic carbocycles. The summed E-state index contributed by atoms with van der Waals surface area (Å²) in [6.07, 6.45) is 4.57. The summed E-state index contributed by atoms with van der Waals surface area (Å²) >= 11 is 0. The number of nitrogens with one attached hydrogen (secondary N) is 1. The molecule has 3 aromatic carbocycles. The fourth-order valence-electron chi connectivity index (χ4n) is 3.77. The number of anilines is 1. The highest BCUT2D eigenvalue weighted by atomic mass is 19.1. The van der Waals surface area contributed by atoms with Crippen LogP contribution in [0.1, 0.15) is 46.7 Å². The zero-order chi connectivity index (χ0) is 23.3. The van der Waals surface area contributed by atoms with Gasteiger partial charge in [-0.1, -0.05) is 43.3 Å². The van der Waals surface area contributed by atoms with Crippen LogP contribution in [-0.4, -0.2) is 17.3 Å². The number of nitrogens with two attached hydrogens (primary N) is 1. The number of rotatable bonds is 7. The lowest BCUT2D eigenvalue weighted by Crippen LogP contribution is -2.00. The molecule has 0 radical (unpaired) electrons. The SMILES string of the molecule is CC/C(=C(/c1ccc(/C=C/C(=O)O)cc1)c1ccc(N)c(C=N)c1)c1ccc(F)cc1C. The Balaban J connectivity index is 2.27. The van der Waals surface area contributed by atoms with Crippen LogP contribution < -0.4 is 5.73 Å². The molecule has 162 valence electrons. The summed E-state index contributed by atoms with van der Waals surface area (Å²) in [5.74, 6) is -1.29. The van der Waals surface area contributed by atoms with E-state index in [1.165, 1.54) is 24.4 Å². The molecular formula is C27H25FN2O2. The quantitative estimate of drug-likeness (QED) is 0.182. The van der Waals surface area contributed by atoms with Crippen LogP contribution in [0.5, 0.6) is 0 Å². The zero-order valence-corrected chi connectivity index (χ0v) is 18.0. The Morgan fingerprint density at radius 2 is 1.75 bits per heavy atom. The summed E-state index contributed by atoms with van der Waals surface area (Å²) in [6, 6.07) is 17.9. The van der Waals surface area contributed by atoms with E-state index < -0.39 is 5.97 Å². The summed E-state index contributed by atoms with van der Waals surface area (Å²) in [7, 11) is 0. The van der Waals surface area contributed by atoms with Crippen molar-refractivity contribution in [2.24, 2.45) is 0 Å². The fourth-order valence-corrected chi connectivity index (χ4v) is 3.77. The minimum atomic E-state index is -1.00. The Morgan fingerprint density at radius 3 is 2.34 bits per heavy atom. The number of nitrogen functional groups attached to an aromatic ring is 1. The lowest BCUT2D eigenvalue weighted by Gasteiger charge is -2.19. The summed E-state index contributed by atoms with van der Waals surface area (Å²) in [5, 5.41) is 16.6. The van der Waals surface area contributed by atoms with Crippen molar-refractivity contribution in [2.45, 2.75) is 20.3 Å². The number of allylic oxidation sites excluding steroid dienone is 1. The molecule has 4 N–H and O–H groups in total. The topological polar surface area (TPSA) is 87.2 Å². The van der Waals surface area contributed by atoms with Crippen molar-refractivity contribution in [3.63, 3.8) is 0 Å². The molecule has 3 rings (SSSR count). The van der Waals surface area contributed by atoms with Crippen molar-refractivity contribution in [2.75, 3.05) is 5.73 Å². The van der Waals surface area contributed by atoms with E-state index in [9.17, 15) is 9.18 Å². The van der Waals surface area contributed by atoms with Crippen LogP contribution in [0, 0.1) is 18.2 Å². The lowest BCUT2D eigenvalue weighted by atomic mass is 9.86. The highest BCUT2D eigenvalue weighted by molar-refractivity contribution is 6.00. The minimum Gasteiger partial charge on any atom is -0.478 e. The Labute approximate surface area is 187 Å². The highest BCUT2D eigenvalue weighted by Crippen LogP contribution is 2.36. The van der Waals surface area contributed by atoms with Crippen molar-refractivity contribution in [3.05, 3.63) is 106 Å². The summed E-state index contributed by atoms with van der Waals surface area (Å²) in [5.41, 5.74) is 13.5. The van der Waals surface area contributed by atoms with Crippen LogP contribution in [0.4, 0.5) is 10.1 Å². The molecule has 0 aliphatic heterocycles. The predicted molar refractivity (Wildman–Crippen MR) is 129 cm³/mol. The number of halogens is 1. The first-order valence-corrected chi connectivity index (χ1v) is 10.3. The third-order valence-electron chi connectivity index (χ3n) is 5.32. The largest absolute Gasteiger partial charge is 0.478 e. The standard InChI is InChI=1S/C27H25FN2O2/c1-3-23(24-11-10-22(28)14-17(24)2)27(20-9-12-25(30)21(15-20)16-29)19-7-4-18(5-8-19)6-13-26(31)32/h4-16,29H,3,30H2,1-2H3,(H,31,32)/b13-6+,27-23+,29-16?. The van der Waals surface area contributed by atoms with Crippen LogP contribution in [0.15, 0.2) is 66.7 Å². The van der Waals surface area contributed by atoms with Gasteiger partial charge < -0.3 is 16.2 Å². The van der Waals surface area contributed by atoms with Crippen molar-refractivity contribution >= 4 is 35.1 Å². The van der Waals surface area contributed by atoms with E-state index in [1.54, 1.807) is 12.1 Å². The molecule has 3 aromatic rings. The number of hydrogen-bond donors (Lipinski definition) is 3. The molecule has 32 heavy (non-hydrogen) atoms. The second-order valence-electron chi connectivity index (χ2n) is 7.45. The molecule has 0 aromatic heterocycles. The molecule has 0 spiro atoms. The van der Waals surface area contributed by atoms with Gasteiger partial charge in [-0.3, -0.25) is 0 Å². The molecule has 0 aliphatic rings. The molecule has 0 fully saturated rings. The predicted octanol–water partition coefficient (Wildman–Crippen LogP) is 6.18. The first-order chi connectivity index (χ1) is 15.3. The molecule has 0 unspecified atom stereocenters. The molecule has 0 amide bonds. The number of benzene rings is 3. The fraction of sp³-hybridized carbons (Fsp3) is 0.111. The number of carbonyl (C=O) groups is 1. The van der Waals surface area contributed by atoms with Crippen LogP contribution >= 0.6 is 0 Å². The molecule has 0 heterocycles. The Bertz CT molecular complexity index is 1220. The monoisotopic (exact) mass is 428 g/mol. The van der Waals surface area contributed by atoms with E-state index in [-0.39, 0.29) is 5.82 Å². The maximum Gasteiger partial charge on any atom is 0.328 e. The smallest absolute Gasteiger partial charge is 0.328 e. The van der Waals surface area contributed by atoms with Gasteiger partial charge in [-0.05, 0) is 82.6 Å². The van der Waals surface area contributed by atoms with Gasteiger partial charge in [0, 0.05) is 23.5 Å². The Kier molecular flexibility index (Phi) is 7.00. The van der Waals surface area contributed by atoms with E-state index in [4.69, 9.17) is 16.2 Å². The maximum absolute atomic E-state index is 13.8. The van der Waals surface area contributed by atoms with E-state index in [0.29, 0.717) is 17.7 Å². The molecule has 4 nitrogen and oxygen atoms in total.